The van der Waals surface area contributed by atoms with Crippen LogP contribution in [0.4, 0.5) is 0 Å². The molecular formula is C11H23NO. The van der Waals surface area contributed by atoms with Crippen molar-refractivity contribution in [2.24, 2.45) is 11.3 Å². The Balaban J connectivity index is 3.73. The molecule has 78 valence electrons. The van der Waals surface area contributed by atoms with Gasteiger partial charge in [-0.15, -0.1) is 6.58 Å². The van der Waals surface area contributed by atoms with Gasteiger partial charge in [0.25, 0.3) is 0 Å². The first-order valence-corrected chi connectivity index (χ1v) is 4.91. The zero-order valence-electron chi connectivity index (χ0n) is 9.38. The molecule has 1 atom stereocenters. The van der Waals surface area contributed by atoms with Crippen LogP contribution in [0, 0.1) is 11.3 Å². The van der Waals surface area contributed by atoms with E-state index in [2.05, 4.69) is 27.4 Å². The third-order valence-electron chi connectivity index (χ3n) is 2.37. The van der Waals surface area contributed by atoms with Gasteiger partial charge in [-0.05, 0) is 24.2 Å². The van der Waals surface area contributed by atoms with Crippen molar-refractivity contribution in [3.05, 3.63) is 12.7 Å². The standard InChI is InChI=1S/C11H23NO/c1-6-11(3,4)9-10(2)7-8-12(5)13/h6,10,13H,1,7-9H2,2-5H3/t10-/m0/s1. The van der Waals surface area contributed by atoms with Crippen molar-refractivity contribution in [3.63, 3.8) is 0 Å². The van der Waals surface area contributed by atoms with Gasteiger partial charge in [-0.25, -0.2) is 0 Å². The molecule has 0 saturated carbocycles. The lowest BCUT2D eigenvalue weighted by molar-refractivity contribution is -0.0683. The van der Waals surface area contributed by atoms with E-state index in [1.807, 2.05) is 6.08 Å². The van der Waals surface area contributed by atoms with Crippen LogP contribution in [0.25, 0.3) is 0 Å². The summed E-state index contributed by atoms with van der Waals surface area (Å²) in [5.74, 6) is 0.627. The van der Waals surface area contributed by atoms with Crippen LogP contribution in [0.2, 0.25) is 0 Å². The fraction of sp³-hybridized carbons (Fsp3) is 0.818. The summed E-state index contributed by atoms with van der Waals surface area (Å²) < 4.78 is 0. The van der Waals surface area contributed by atoms with E-state index in [0.717, 1.165) is 19.4 Å². The van der Waals surface area contributed by atoms with Crippen molar-refractivity contribution in [2.75, 3.05) is 13.6 Å². The minimum Gasteiger partial charge on any atom is -0.314 e. The molecular weight excluding hydrogens is 162 g/mol. The molecule has 0 aliphatic carbocycles. The fourth-order valence-electron chi connectivity index (χ4n) is 1.49. The van der Waals surface area contributed by atoms with Gasteiger partial charge in [0.2, 0.25) is 0 Å². The SMILES string of the molecule is C=CC(C)(C)C[C@@H](C)CCN(C)O. The first-order valence-electron chi connectivity index (χ1n) is 4.91. The molecule has 0 rings (SSSR count). The molecule has 2 heteroatoms. The Morgan fingerprint density at radius 2 is 2.08 bits per heavy atom. The van der Waals surface area contributed by atoms with Crippen LogP contribution in [0.1, 0.15) is 33.6 Å². The van der Waals surface area contributed by atoms with Gasteiger partial charge in [-0.1, -0.05) is 26.8 Å². The summed E-state index contributed by atoms with van der Waals surface area (Å²) in [6, 6.07) is 0. The van der Waals surface area contributed by atoms with Crippen molar-refractivity contribution in [2.45, 2.75) is 33.6 Å². The summed E-state index contributed by atoms with van der Waals surface area (Å²) >= 11 is 0. The van der Waals surface area contributed by atoms with Gasteiger partial charge in [0.05, 0.1) is 0 Å². The van der Waals surface area contributed by atoms with Crippen LogP contribution in [-0.4, -0.2) is 23.9 Å². The molecule has 0 aromatic heterocycles. The van der Waals surface area contributed by atoms with Crippen LogP contribution >= 0.6 is 0 Å². The van der Waals surface area contributed by atoms with Crippen LogP contribution in [0.15, 0.2) is 12.7 Å². The van der Waals surface area contributed by atoms with Crippen molar-refractivity contribution in [1.82, 2.24) is 5.06 Å². The molecule has 0 bridgehead atoms. The molecule has 0 amide bonds. The first kappa shape index (κ1) is 12.7. The molecule has 0 aliphatic heterocycles. The molecule has 2 nitrogen and oxygen atoms in total. The van der Waals surface area contributed by atoms with E-state index in [0.29, 0.717) is 5.92 Å². The minimum absolute atomic E-state index is 0.216. The topological polar surface area (TPSA) is 23.5 Å². The van der Waals surface area contributed by atoms with Crippen molar-refractivity contribution < 1.29 is 5.21 Å². The average Bonchev–Trinajstić information content (AvgIpc) is 2.00. The molecule has 0 aliphatic rings. The van der Waals surface area contributed by atoms with E-state index in [4.69, 9.17) is 5.21 Å². The molecule has 1 N–H and O–H groups in total. The van der Waals surface area contributed by atoms with Gasteiger partial charge in [0.15, 0.2) is 0 Å². The highest BCUT2D eigenvalue weighted by atomic mass is 16.5. The Morgan fingerprint density at radius 1 is 1.54 bits per heavy atom. The maximum Gasteiger partial charge on any atom is 0.0237 e. The summed E-state index contributed by atoms with van der Waals surface area (Å²) in [6.45, 7) is 11.2. The molecule has 0 unspecified atom stereocenters. The highest BCUT2D eigenvalue weighted by molar-refractivity contribution is 4.88. The van der Waals surface area contributed by atoms with E-state index in [9.17, 15) is 0 Å². The van der Waals surface area contributed by atoms with Gasteiger partial charge in [0.1, 0.15) is 0 Å². The molecule has 0 spiro atoms. The average molecular weight is 185 g/mol. The van der Waals surface area contributed by atoms with Crippen LogP contribution in [0.5, 0.6) is 0 Å². The summed E-state index contributed by atoms with van der Waals surface area (Å²) in [5.41, 5.74) is 0.216. The maximum atomic E-state index is 8.97. The Morgan fingerprint density at radius 3 is 2.46 bits per heavy atom. The summed E-state index contributed by atoms with van der Waals surface area (Å²) in [6.07, 6.45) is 4.17. The molecule has 0 aromatic carbocycles. The van der Waals surface area contributed by atoms with Gasteiger partial charge in [-0.2, -0.15) is 5.06 Å². The quantitative estimate of drug-likeness (QED) is 0.508. The second-order valence-corrected chi connectivity index (χ2v) is 4.67. The maximum absolute atomic E-state index is 8.97. The lowest BCUT2D eigenvalue weighted by atomic mass is 9.82. The molecule has 0 saturated heterocycles. The van der Waals surface area contributed by atoms with Gasteiger partial charge >= 0.3 is 0 Å². The number of hydrogen-bond acceptors (Lipinski definition) is 2. The van der Waals surface area contributed by atoms with Crippen molar-refractivity contribution >= 4 is 0 Å². The number of allylic oxidation sites excluding steroid dienone is 1. The number of rotatable bonds is 6. The van der Waals surface area contributed by atoms with E-state index in [-0.39, 0.29) is 5.41 Å². The Labute approximate surface area is 82.2 Å². The minimum atomic E-state index is 0.216. The van der Waals surface area contributed by atoms with E-state index in [1.165, 1.54) is 5.06 Å². The molecule has 0 radical (unpaired) electrons. The lowest BCUT2D eigenvalue weighted by Gasteiger charge is -2.24. The predicted molar refractivity (Wildman–Crippen MR) is 56.8 cm³/mol. The lowest BCUT2D eigenvalue weighted by Crippen LogP contribution is -2.19. The monoisotopic (exact) mass is 185 g/mol. The Bertz CT molecular complexity index is 152. The van der Waals surface area contributed by atoms with Crippen molar-refractivity contribution in [1.29, 1.82) is 0 Å². The highest BCUT2D eigenvalue weighted by Crippen LogP contribution is 2.27. The van der Waals surface area contributed by atoms with Crippen LogP contribution in [-0.2, 0) is 0 Å². The fourth-order valence-corrected chi connectivity index (χ4v) is 1.49. The summed E-state index contributed by atoms with van der Waals surface area (Å²) in [4.78, 5) is 0. The number of hydroxylamine groups is 2. The first-order chi connectivity index (χ1) is 5.87. The Hall–Kier alpha value is -0.340. The second kappa shape index (κ2) is 5.40. The zero-order valence-corrected chi connectivity index (χ0v) is 9.38. The largest absolute Gasteiger partial charge is 0.314 e. The Kier molecular flexibility index (Phi) is 5.26. The van der Waals surface area contributed by atoms with Crippen molar-refractivity contribution in [3.8, 4) is 0 Å². The molecule has 0 heterocycles. The number of nitrogens with zero attached hydrogens (tertiary/aromatic N) is 1. The molecule has 0 aromatic rings. The normalized spacial score (nSPS) is 14.6. The zero-order chi connectivity index (χ0) is 10.5. The number of hydrogen-bond donors (Lipinski definition) is 1. The summed E-state index contributed by atoms with van der Waals surface area (Å²) in [7, 11) is 1.69. The third-order valence-corrected chi connectivity index (χ3v) is 2.37. The molecule has 13 heavy (non-hydrogen) atoms. The predicted octanol–water partition coefficient (Wildman–Crippen LogP) is 2.94. The third kappa shape index (κ3) is 6.79. The van der Waals surface area contributed by atoms with Gasteiger partial charge < -0.3 is 5.21 Å². The van der Waals surface area contributed by atoms with E-state index in [1.54, 1.807) is 7.05 Å². The molecule has 0 fully saturated rings. The smallest absolute Gasteiger partial charge is 0.0237 e. The van der Waals surface area contributed by atoms with Gasteiger partial charge in [0, 0.05) is 13.6 Å². The van der Waals surface area contributed by atoms with E-state index < -0.39 is 0 Å². The van der Waals surface area contributed by atoms with Crippen LogP contribution < -0.4 is 0 Å². The second-order valence-electron chi connectivity index (χ2n) is 4.67. The van der Waals surface area contributed by atoms with Gasteiger partial charge in [-0.3, -0.25) is 0 Å². The highest BCUT2D eigenvalue weighted by Gasteiger charge is 2.17. The summed E-state index contributed by atoms with van der Waals surface area (Å²) in [5, 5.41) is 10.2. The van der Waals surface area contributed by atoms with E-state index >= 15 is 0 Å². The van der Waals surface area contributed by atoms with Crippen LogP contribution in [0.3, 0.4) is 0 Å².